The first-order chi connectivity index (χ1) is 8.81. The van der Waals surface area contributed by atoms with E-state index < -0.39 is 0 Å². The van der Waals surface area contributed by atoms with Crippen molar-refractivity contribution in [3.05, 3.63) is 21.9 Å². The molecule has 1 aliphatic rings. The van der Waals surface area contributed by atoms with Gasteiger partial charge in [-0.3, -0.25) is 0 Å². The van der Waals surface area contributed by atoms with Gasteiger partial charge in [-0.1, -0.05) is 32.6 Å². The minimum atomic E-state index is 0.594. The standard InChI is InChI=1S/C16H27NS/c1-3-10-17-16(15-12-18-11-13(15)2)9-8-14-6-4-5-7-14/h11-12,14,16-17H,3-10H2,1-2H3. The SMILES string of the molecule is CCCNC(CCC1CCCC1)c1cscc1C. The van der Waals surface area contributed by atoms with E-state index in [2.05, 4.69) is 29.9 Å². The second-order valence-corrected chi connectivity index (χ2v) is 6.49. The number of hydrogen-bond donors (Lipinski definition) is 1. The van der Waals surface area contributed by atoms with E-state index in [0.717, 1.165) is 12.5 Å². The molecule has 1 atom stereocenters. The molecule has 102 valence electrons. The summed E-state index contributed by atoms with van der Waals surface area (Å²) in [7, 11) is 0. The first-order valence-corrected chi connectivity index (χ1v) is 8.51. The molecule has 1 aliphatic carbocycles. The number of nitrogens with one attached hydrogen (secondary N) is 1. The number of aryl methyl sites for hydroxylation is 1. The molecular weight excluding hydrogens is 238 g/mol. The Labute approximate surface area is 116 Å². The zero-order valence-corrected chi connectivity index (χ0v) is 12.7. The van der Waals surface area contributed by atoms with Crippen molar-refractivity contribution in [2.45, 2.75) is 64.8 Å². The molecule has 1 N–H and O–H groups in total. The lowest BCUT2D eigenvalue weighted by Gasteiger charge is -2.20. The zero-order valence-electron chi connectivity index (χ0n) is 11.9. The lowest BCUT2D eigenvalue weighted by Crippen LogP contribution is -2.23. The van der Waals surface area contributed by atoms with Crippen LogP contribution < -0.4 is 5.32 Å². The topological polar surface area (TPSA) is 12.0 Å². The van der Waals surface area contributed by atoms with E-state index in [-0.39, 0.29) is 0 Å². The monoisotopic (exact) mass is 265 g/mol. The summed E-state index contributed by atoms with van der Waals surface area (Å²) in [6.45, 7) is 5.65. The van der Waals surface area contributed by atoms with Crippen LogP contribution in [0.15, 0.2) is 10.8 Å². The van der Waals surface area contributed by atoms with Crippen LogP contribution in [0, 0.1) is 12.8 Å². The number of rotatable bonds is 7. The average molecular weight is 265 g/mol. The number of hydrogen-bond acceptors (Lipinski definition) is 2. The Hall–Kier alpha value is -0.340. The van der Waals surface area contributed by atoms with Crippen molar-refractivity contribution in [1.29, 1.82) is 0 Å². The summed E-state index contributed by atoms with van der Waals surface area (Å²) >= 11 is 1.85. The van der Waals surface area contributed by atoms with Crippen molar-refractivity contribution in [2.75, 3.05) is 6.54 Å². The van der Waals surface area contributed by atoms with E-state index in [0.29, 0.717) is 6.04 Å². The Balaban J connectivity index is 1.90. The Kier molecular flexibility index (Phi) is 5.71. The molecule has 1 unspecified atom stereocenters. The van der Waals surface area contributed by atoms with E-state index in [1.54, 1.807) is 5.56 Å². The molecule has 0 bridgehead atoms. The summed E-state index contributed by atoms with van der Waals surface area (Å²) in [5.74, 6) is 1.01. The molecule has 0 aliphatic heterocycles. The Morgan fingerprint density at radius 1 is 1.33 bits per heavy atom. The van der Waals surface area contributed by atoms with E-state index in [4.69, 9.17) is 0 Å². The maximum Gasteiger partial charge on any atom is 0.0331 e. The highest BCUT2D eigenvalue weighted by Gasteiger charge is 2.19. The van der Waals surface area contributed by atoms with Crippen molar-refractivity contribution in [1.82, 2.24) is 5.32 Å². The molecule has 0 radical (unpaired) electrons. The normalized spacial score (nSPS) is 18.3. The maximum atomic E-state index is 3.74. The second-order valence-electron chi connectivity index (χ2n) is 5.74. The first-order valence-electron chi connectivity index (χ1n) is 7.57. The highest BCUT2D eigenvalue weighted by atomic mass is 32.1. The van der Waals surface area contributed by atoms with Gasteiger partial charge in [0, 0.05) is 6.04 Å². The van der Waals surface area contributed by atoms with E-state index >= 15 is 0 Å². The predicted octanol–water partition coefficient (Wildman–Crippen LogP) is 5.07. The minimum absolute atomic E-state index is 0.594. The van der Waals surface area contributed by atoms with Gasteiger partial charge in [-0.15, -0.1) is 0 Å². The fourth-order valence-electron chi connectivity index (χ4n) is 3.11. The summed E-state index contributed by atoms with van der Waals surface area (Å²) in [4.78, 5) is 0. The molecule has 1 saturated carbocycles. The molecule has 0 saturated heterocycles. The van der Waals surface area contributed by atoms with Crippen LogP contribution in [0.4, 0.5) is 0 Å². The largest absolute Gasteiger partial charge is 0.310 e. The van der Waals surface area contributed by atoms with Gasteiger partial charge >= 0.3 is 0 Å². The molecule has 0 aromatic carbocycles. The van der Waals surface area contributed by atoms with Crippen LogP contribution in [0.2, 0.25) is 0 Å². The summed E-state index contributed by atoms with van der Waals surface area (Å²) in [6.07, 6.45) is 9.85. The van der Waals surface area contributed by atoms with Gasteiger partial charge in [0.25, 0.3) is 0 Å². The van der Waals surface area contributed by atoms with Gasteiger partial charge in [-0.05, 0) is 60.5 Å². The van der Waals surface area contributed by atoms with Gasteiger partial charge in [-0.2, -0.15) is 11.3 Å². The third kappa shape index (κ3) is 3.83. The van der Waals surface area contributed by atoms with Crippen molar-refractivity contribution >= 4 is 11.3 Å². The van der Waals surface area contributed by atoms with Crippen molar-refractivity contribution in [3.63, 3.8) is 0 Å². The molecule has 1 aromatic heterocycles. The smallest absolute Gasteiger partial charge is 0.0331 e. The van der Waals surface area contributed by atoms with Crippen LogP contribution in [0.25, 0.3) is 0 Å². The van der Waals surface area contributed by atoms with Gasteiger partial charge in [0.1, 0.15) is 0 Å². The molecule has 18 heavy (non-hydrogen) atoms. The van der Waals surface area contributed by atoms with E-state index in [1.165, 1.54) is 50.5 Å². The molecule has 1 aromatic rings. The summed E-state index contributed by atoms with van der Waals surface area (Å²) in [5, 5.41) is 8.37. The quantitative estimate of drug-likeness (QED) is 0.726. The van der Waals surface area contributed by atoms with Crippen LogP contribution in [-0.4, -0.2) is 6.54 Å². The Morgan fingerprint density at radius 3 is 2.72 bits per heavy atom. The molecular formula is C16H27NS. The molecule has 0 amide bonds. The molecule has 1 nitrogen and oxygen atoms in total. The van der Waals surface area contributed by atoms with Gasteiger partial charge in [-0.25, -0.2) is 0 Å². The fourth-order valence-corrected chi connectivity index (χ4v) is 4.02. The number of thiophene rings is 1. The summed E-state index contributed by atoms with van der Waals surface area (Å²) < 4.78 is 0. The lowest BCUT2D eigenvalue weighted by molar-refractivity contribution is 0.411. The van der Waals surface area contributed by atoms with Gasteiger partial charge in [0.15, 0.2) is 0 Å². The van der Waals surface area contributed by atoms with Crippen LogP contribution in [0.5, 0.6) is 0 Å². The molecule has 1 fully saturated rings. The van der Waals surface area contributed by atoms with Crippen LogP contribution in [0.1, 0.15) is 69.0 Å². The third-order valence-electron chi connectivity index (χ3n) is 4.25. The molecule has 2 rings (SSSR count). The maximum absolute atomic E-state index is 3.74. The minimum Gasteiger partial charge on any atom is -0.310 e. The third-order valence-corrected chi connectivity index (χ3v) is 5.13. The first kappa shape index (κ1) is 14.1. The highest BCUT2D eigenvalue weighted by Crippen LogP contribution is 2.32. The highest BCUT2D eigenvalue weighted by molar-refractivity contribution is 7.08. The van der Waals surface area contributed by atoms with E-state index in [1.807, 2.05) is 11.3 Å². The van der Waals surface area contributed by atoms with Crippen molar-refractivity contribution in [3.8, 4) is 0 Å². The van der Waals surface area contributed by atoms with E-state index in [9.17, 15) is 0 Å². The van der Waals surface area contributed by atoms with Gasteiger partial charge in [0.2, 0.25) is 0 Å². The average Bonchev–Trinajstić information content (AvgIpc) is 3.01. The lowest BCUT2D eigenvalue weighted by atomic mass is 9.94. The molecule has 0 spiro atoms. The molecule has 2 heteroatoms. The predicted molar refractivity (Wildman–Crippen MR) is 81.3 cm³/mol. The zero-order chi connectivity index (χ0) is 12.8. The Bertz CT molecular complexity index is 339. The van der Waals surface area contributed by atoms with Crippen molar-refractivity contribution < 1.29 is 0 Å². The molecule has 1 heterocycles. The van der Waals surface area contributed by atoms with Crippen LogP contribution >= 0.6 is 11.3 Å². The second kappa shape index (κ2) is 7.30. The summed E-state index contributed by atoms with van der Waals surface area (Å²) in [5.41, 5.74) is 3.02. The summed E-state index contributed by atoms with van der Waals surface area (Å²) in [6, 6.07) is 0.594. The van der Waals surface area contributed by atoms with Crippen LogP contribution in [-0.2, 0) is 0 Å². The van der Waals surface area contributed by atoms with Gasteiger partial charge in [0.05, 0.1) is 0 Å². The van der Waals surface area contributed by atoms with Crippen molar-refractivity contribution in [2.24, 2.45) is 5.92 Å². The van der Waals surface area contributed by atoms with Crippen LogP contribution in [0.3, 0.4) is 0 Å². The van der Waals surface area contributed by atoms with Gasteiger partial charge < -0.3 is 5.32 Å². The fraction of sp³-hybridized carbons (Fsp3) is 0.750. The Morgan fingerprint density at radius 2 is 2.11 bits per heavy atom.